The molecular weight excluding hydrogens is 328 g/mol. The van der Waals surface area contributed by atoms with Gasteiger partial charge in [0.15, 0.2) is 0 Å². The number of aromatic nitrogens is 2. The van der Waals surface area contributed by atoms with Crippen molar-refractivity contribution >= 4 is 16.8 Å². The highest BCUT2D eigenvalue weighted by Gasteiger charge is 2.22. The zero-order valence-electron chi connectivity index (χ0n) is 15.8. The maximum atomic E-state index is 12.6. The topological polar surface area (TPSA) is 92.1 Å². The Morgan fingerprint density at radius 2 is 1.96 bits per heavy atom. The van der Waals surface area contributed by atoms with E-state index in [1.165, 1.54) is 0 Å². The average molecular weight is 358 g/mol. The minimum Gasteiger partial charge on any atom is -0.333 e. The molecule has 0 radical (unpaired) electrons. The third-order valence-electron chi connectivity index (χ3n) is 4.63. The van der Waals surface area contributed by atoms with Crippen molar-refractivity contribution < 1.29 is 4.79 Å². The molecule has 0 unspecified atom stereocenters. The first-order valence-electron chi connectivity index (χ1n) is 9.57. The number of hydrogen-bond donors (Lipinski definition) is 2. The number of carbonyl (C=O) groups is 1. The summed E-state index contributed by atoms with van der Waals surface area (Å²) < 4.78 is 0. The Labute approximate surface area is 154 Å². The van der Waals surface area contributed by atoms with E-state index in [0.29, 0.717) is 36.2 Å². The Kier molecular flexibility index (Phi) is 7.78. The second-order valence-electron chi connectivity index (χ2n) is 6.68. The summed E-state index contributed by atoms with van der Waals surface area (Å²) in [7, 11) is 0. The van der Waals surface area contributed by atoms with Crippen molar-refractivity contribution in [1.29, 1.82) is 0 Å². The number of H-pyrrole nitrogens is 1. The number of aromatic amines is 1. The number of fused-ring (bicyclic) bond motifs is 1. The van der Waals surface area contributed by atoms with E-state index in [2.05, 4.69) is 9.97 Å². The molecule has 0 aliphatic carbocycles. The molecule has 0 aliphatic heterocycles. The maximum Gasteiger partial charge on any atom is 0.258 e. The summed E-state index contributed by atoms with van der Waals surface area (Å²) in [5, 5.41) is 0.566. The molecule has 6 nitrogen and oxygen atoms in total. The van der Waals surface area contributed by atoms with Crippen LogP contribution < -0.4 is 11.3 Å². The highest BCUT2D eigenvalue weighted by Crippen LogP contribution is 2.20. The third-order valence-corrected chi connectivity index (χ3v) is 4.63. The van der Waals surface area contributed by atoms with Crippen LogP contribution in [0.15, 0.2) is 29.1 Å². The molecular formula is C20H30N4O2. The summed E-state index contributed by atoms with van der Waals surface area (Å²) in [5.74, 6) is 0.648. The first-order valence-corrected chi connectivity index (χ1v) is 9.57. The van der Waals surface area contributed by atoms with Crippen molar-refractivity contribution in [1.82, 2.24) is 14.9 Å². The van der Waals surface area contributed by atoms with Crippen LogP contribution in [0.2, 0.25) is 0 Å². The molecule has 0 spiro atoms. The maximum absolute atomic E-state index is 12.6. The van der Waals surface area contributed by atoms with Crippen molar-refractivity contribution in [2.24, 2.45) is 5.73 Å². The van der Waals surface area contributed by atoms with Crippen LogP contribution in [0.4, 0.5) is 0 Å². The molecule has 142 valence electrons. The molecule has 1 amide bonds. The average Bonchev–Trinajstić information content (AvgIpc) is 2.64. The second-order valence-corrected chi connectivity index (χ2v) is 6.68. The first-order chi connectivity index (χ1) is 12.6. The number of unbranched alkanes of at least 4 members (excludes halogenated alkanes) is 3. The van der Waals surface area contributed by atoms with E-state index in [-0.39, 0.29) is 17.5 Å². The molecule has 1 aromatic carbocycles. The molecule has 1 aromatic heterocycles. The van der Waals surface area contributed by atoms with Crippen LogP contribution in [0.25, 0.3) is 10.9 Å². The zero-order valence-corrected chi connectivity index (χ0v) is 15.8. The van der Waals surface area contributed by atoms with Crippen LogP contribution in [0.1, 0.15) is 64.2 Å². The van der Waals surface area contributed by atoms with Gasteiger partial charge in [-0.3, -0.25) is 9.59 Å². The molecule has 2 rings (SSSR count). The van der Waals surface area contributed by atoms with Gasteiger partial charge in [0, 0.05) is 13.0 Å². The van der Waals surface area contributed by atoms with Gasteiger partial charge in [-0.05, 0) is 44.9 Å². The SMILES string of the molecule is CCCC(=O)N(CCCCCCN)[C@H](C)c1nc2ccccc2c(=O)[nH]1. The highest BCUT2D eigenvalue weighted by atomic mass is 16.2. The quantitative estimate of drug-likeness (QED) is 0.638. The number of hydrogen-bond acceptors (Lipinski definition) is 4. The summed E-state index contributed by atoms with van der Waals surface area (Å²) in [5.41, 5.74) is 6.03. The predicted octanol–water partition coefficient (Wildman–Crippen LogP) is 3.13. The fraction of sp³-hybridized carbons (Fsp3) is 0.550. The number of benzene rings is 1. The van der Waals surface area contributed by atoms with Gasteiger partial charge in [0.05, 0.1) is 16.9 Å². The van der Waals surface area contributed by atoms with Gasteiger partial charge in [0.1, 0.15) is 5.82 Å². The van der Waals surface area contributed by atoms with E-state index >= 15 is 0 Å². The summed E-state index contributed by atoms with van der Waals surface area (Å²) in [6.07, 6.45) is 5.37. The largest absolute Gasteiger partial charge is 0.333 e. The molecule has 0 aliphatic rings. The van der Waals surface area contributed by atoms with Gasteiger partial charge in [-0.25, -0.2) is 4.98 Å². The Morgan fingerprint density at radius 1 is 1.23 bits per heavy atom. The van der Waals surface area contributed by atoms with Crippen LogP contribution in [-0.4, -0.2) is 33.9 Å². The van der Waals surface area contributed by atoms with E-state index in [1.807, 2.05) is 36.9 Å². The first kappa shape index (κ1) is 20.1. The van der Waals surface area contributed by atoms with E-state index < -0.39 is 0 Å². The van der Waals surface area contributed by atoms with Crippen LogP contribution in [-0.2, 0) is 4.79 Å². The lowest BCUT2D eigenvalue weighted by molar-refractivity contribution is -0.133. The van der Waals surface area contributed by atoms with Crippen LogP contribution in [0, 0.1) is 0 Å². The smallest absolute Gasteiger partial charge is 0.258 e. The number of rotatable bonds is 10. The van der Waals surface area contributed by atoms with Gasteiger partial charge in [-0.2, -0.15) is 0 Å². The van der Waals surface area contributed by atoms with E-state index in [4.69, 9.17) is 5.73 Å². The minimum atomic E-state index is -0.263. The molecule has 0 fully saturated rings. The molecule has 0 bridgehead atoms. The molecule has 2 aromatic rings. The number of nitrogens with zero attached hydrogens (tertiary/aromatic N) is 2. The molecule has 6 heteroatoms. The summed E-state index contributed by atoms with van der Waals surface area (Å²) in [6, 6.07) is 7.00. The Balaban J connectivity index is 2.20. The fourth-order valence-corrected chi connectivity index (χ4v) is 3.12. The Morgan fingerprint density at radius 3 is 2.69 bits per heavy atom. The third kappa shape index (κ3) is 5.14. The predicted molar refractivity (Wildman–Crippen MR) is 105 cm³/mol. The van der Waals surface area contributed by atoms with Gasteiger partial charge in [-0.15, -0.1) is 0 Å². The van der Waals surface area contributed by atoms with Gasteiger partial charge >= 0.3 is 0 Å². The zero-order chi connectivity index (χ0) is 18.9. The molecule has 0 saturated carbocycles. The molecule has 1 heterocycles. The Bertz CT molecular complexity index is 772. The van der Waals surface area contributed by atoms with E-state index in [1.54, 1.807) is 6.07 Å². The highest BCUT2D eigenvalue weighted by molar-refractivity contribution is 5.78. The number of para-hydroxylation sites is 1. The van der Waals surface area contributed by atoms with Crippen molar-refractivity contribution in [2.45, 2.75) is 58.4 Å². The van der Waals surface area contributed by atoms with E-state index in [0.717, 1.165) is 32.1 Å². The normalized spacial score (nSPS) is 12.3. The summed E-state index contributed by atoms with van der Waals surface area (Å²) in [6.45, 7) is 5.30. The Hall–Kier alpha value is -2.21. The van der Waals surface area contributed by atoms with E-state index in [9.17, 15) is 9.59 Å². The van der Waals surface area contributed by atoms with Crippen LogP contribution in [0.3, 0.4) is 0 Å². The fourth-order valence-electron chi connectivity index (χ4n) is 3.12. The second kappa shape index (κ2) is 10.1. The van der Waals surface area contributed by atoms with Crippen molar-refractivity contribution in [2.75, 3.05) is 13.1 Å². The van der Waals surface area contributed by atoms with Crippen molar-refractivity contribution in [3.63, 3.8) is 0 Å². The van der Waals surface area contributed by atoms with Gasteiger partial charge < -0.3 is 15.6 Å². The lowest BCUT2D eigenvalue weighted by Crippen LogP contribution is -2.36. The van der Waals surface area contributed by atoms with Crippen LogP contribution in [0.5, 0.6) is 0 Å². The molecule has 3 N–H and O–H groups in total. The standard InChI is InChI=1S/C20H30N4O2/c1-3-10-18(25)24(14-9-5-4-8-13-21)15(2)19-22-17-12-7-6-11-16(17)20(26)23-19/h6-7,11-12,15H,3-5,8-10,13-14,21H2,1-2H3,(H,22,23,26)/t15-/m1/s1. The number of carbonyl (C=O) groups excluding carboxylic acids is 1. The monoisotopic (exact) mass is 358 g/mol. The molecule has 0 saturated heterocycles. The molecule has 26 heavy (non-hydrogen) atoms. The number of amides is 1. The lowest BCUT2D eigenvalue weighted by atomic mass is 10.1. The number of nitrogens with one attached hydrogen (secondary N) is 1. The van der Waals surface area contributed by atoms with Gasteiger partial charge in [-0.1, -0.05) is 31.9 Å². The lowest BCUT2D eigenvalue weighted by Gasteiger charge is -2.29. The number of nitrogens with two attached hydrogens (primary N) is 1. The molecule has 1 atom stereocenters. The van der Waals surface area contributed by atoms with Gasteiger partial charge in [0.25, 0.3) is 5.56 Å². The van der Waals surface area contributed by atoms with Crippen LogP contribution >= 0.6 is 0 Å². The van der Waals surface area contributed by atoms with Crippen molar-refractivity contribution in [3.8, 4) is 0 Å². The van der Waals surface area contributed by atoms with Gasteiger partial charge in [0.2, 0.25) is 5.91 Å². The minimum absolute atomic E-state index is 0.106. The van der Waals surface area contributed by atoms with Crippen molar-refractivity contribution in [3.05, 3.63) is 40.4 Å². The summed E-state index contributed by atoms with van der Waals surface area (Å²) >= 11 is 0. The summed E-state index contributed by atoms with van der Waals surface area (Å²) in [4.78, 5) is 34.3.